The topological polar surface area (TPSA) is 59.4 Å². The molecule has 0 aromatic rings. The van der Waals surface area contributed by atoms with Gasteiger partial charge in [0.25, 0.3) is 0 Å². The number of hydrogen-bond donors (Lipinski definition) is 1. The van der Waals surface area contributed by atoms with E-state index in [1.807, 2.05) is 6.92 Å². The Morgan fingerprint density at radius 2 is 2.62 bits per heavy atom. The fourth-order valence-electron chi connectivity index (χ4n) is 1.46. The molecular formula is C8H14BNO3. The first-order valence-corrected chi connectivity index (χ1v) is 4.54. The van der Waals surface area contributed by atoms with Crippen molar-refractivity contribution in [1.29, 1.82) is 5.41 Å². The Labute approximate surface area is 78.5 Å². The second-order valence-electron chi connectivity index (χ2n) is 3.19. The summed E-state index contributed by atoms with van der Waals surface area (Å²) in [5.41, 5.74) is 0. The van der Waals surface area contributed by atoms with Crippen LogP contribution in [0, 0.1) is 5.41 Å². The summed E-state index contributed by atoms with van der Waals surface area (Å²) in [5, 5.41) is 7.18. The van der Waals surface area contributed by atoms with E-state index in [1.165, 1.54) is 0 Å². The Morgan fingerprint density at radius 3 is 3.00 bits per heavy atom. The van der Waals surface area contributed by atoms with Gasteiger partial charge in [0.1, 0.15) is 18.0 Å². The molecule has 1 heterocycles. The number of cyclic esters (lactones) is 1. The Morgan fingerprint density at radius 1 is 1.92 bits per heavy atom. The van der Waals surface area contributed by atoms with Crippen molar-refractivity contribution in [3.05, 3.63) is 0 Å². The van der Waals surface area contributed by atoms with Gasteiger partial charge >= 0.3 is 5.97 Å². The normalized spacial score (nSPS) is 23.8. The maximum atomic E-state index is 10.8. The van der Waals surface area contributed by atoms with E-state index in [0.717, 1.165) is 6.42 Å². The molecule has 0 aromatic carbocycles. The first-order valence-electron chi connectivity index (χ1n) is 4.54. The standard InChI is InChI=1S/C8H14BNO3/c1-2-5(13-8(9)10)6-3-4-7(11)12-6/h5-6,10H,2-4,9H2,1H3/t5?,6-/m0/s1. The third kappa shape index (κ3) is 2.75. The van der Waals surface area contributed by atoms with Crippen molar-refractivity contribution in [2.45, 2.75) is 38.4 Å². The van der Waals surface area contributed by atoms with E-state index in [4.69, 9.17) is 14.9 Å². The summed E-state index contributed by atoms with van der Waals surface area (Å²) >= 11 is 0. The van der Waals surface area contributed by atoms with Gasteiger partial charge < -0.3 is 9.47 Å². The zero-order valence-corrected chi connectivity index (χ0v) is 8.00. The van der Waals surface area contributed by atoms with E-state index in [0.29, 0.717) is 12.8 Å². The third-order valence-corrected chi connectivity index (χ3v) is 2.06. The van der Waals surface area contributed by atoms with Crippen LogP contribution in [0.4, 0.5) is 0 Å². The lowest BCUT2D eigenvalue weighted by atomic mass is 10.1. The van der Waals surface area contributed by atoms with Crippen LogP contribution < -0.4 is 0 Å². The van der Waals surface area contributed by atoms with Crippen molar-refractivity contribution in [3.8, 4) is 0 Å². The first kappa shape index (κ1) is 10.1. The molecule has 1 N–H and O–H groups in total. The molecule has 0 radical (unpaired) electrons. The highest BCUT2D eigenvalue weighted by atomic mass is 16.6. The maximum Gasteiger partial charge on any atom is 0.306 e. The lowest BCUT2D eigenvalue weighted by Gasteiger charge is -2.21. The van der Waals surface area contributed by atoms with Gasteiger partial charge in [0.2, 0.25) is 7.85 Å². The van der Waals surface area contributed by atoms with E-state index in [-0.39, 0.29) is 24.0 Å². The maximum absolute atomic E-state index is 10.8. The van der Waals surface area contributed by atoms with Gasteiger partial charge in [-0.1, -0.05) is 6.92 Å². The van der Waals surface area contributed by atoms with Crippen molar-refractivity contribution in [2.75, 3.05) is 0 Å². The summed E-state index contributed by atoms with van der Waals surface area (Å²) in [5.74, 6) is 0.0180. The molecule has 0 bridgehead atoms. The molecule has 4 nitrogen and oxygen atoms in total. The Balaban J connectivity index is 2.46. The van der Waals surface area contributed by atoms with Gasteiger partial charge in [-0.05, 0) is 12.8 Å². The molecule has 0 aromatic heterocycles. The summed E-state index contributed by atoms with van der Waals surface area (Å²) in [6.45, 7) is 1.96. The number of esters is 1. The molecule has 1 saturated heterocycles. The third-order valence-electron chi connectivity index (χ3n) is 2.06. The molecule has 0 saturated carbocycles. The second kappa shape index (κ2) is 4.30. The lowest BCUT2D eigenvalue weighted by molar-refractivity contribution is -0.144. The van der Waals surface area contributed by atoms with Crippen LogP contribution >= 0.6 is 0 Å². The van der Waals surface area contributed by atoms with Crippen LogP contribution in [0.25, 0.3) is 0 Å². The van der Waals surface area contributed by atoms with Crippen LogP contribution in [0.5, 0.6) is 0 Å². The number of rotatable bonds is 3. The van der Waals surface area contributed by atoms with Gasteiger partial charge in [-0.3, -0.25) is 10.2 Å². The lowest BCUT2D eigenvalue weighted by Crippen LogP contribution is -2.30. The highest BCUT2D eigenvalue weighted by molar-refractivity contribution is 6.55. The molecule has 2 atom stereocenters. The molecule has 1 aliphatic heterocycles. The summed E-state index contributed by atoms with van der Waals surface area (Å²) in [7, 11) is 1.58. The number of ether oxygens (including phenoxy) is 2. The average Bonchev–Trinajstić information content (AvgIpc) is 2.47. The van der Waals surface area contributed by atoms with E-state index in [2.05, 4.69) is 0 Å². The predicted molar refractivity (Wildman–Crippen MR) is 50.5 cm³/mol. The minimum absolute atomic E-state index is 0.149. The minimum Gasteiger partial charge on any atom is -0.484 e. The number of nitrogens with one attached hydrogen (secondary N) is 1. The van der Waals surface area contributed by atoms with Crippen LogP contribution in [-0.2, 0) is 14.3 Å². The van der Waals surface area contributed by atoms with Crippen molar-refractivity contribution < 1.29 is 14.3 Å². The fourth-order valence-corrected chi connectivity index (χ4v) is 1.46. The zero-order valence-electron chi connectivity index (χ0n) is 8.00. The van der Waals surface area contributed by atoms with Crippen molar-refractivity contribution in [1.82, 2.24) is 0 Å². The molecule has 0 aliphatic carbocycles. The van der Waals surface area contributed by atoms with Crippen LogP contribution in [0.15, 0.2) is 0 Å². The molecule has 0 amide bonds. The smallest absolute Gasteiger partial charge is 0.306 e. The average molecular weight is 183 g/mol. The van der Waals surface area contributed by atoms with Gasteiger partial charge in [0, 0.05) is 6.42 Å². The zero-order chi connectivity index (χ0) is 9.84. The molecule has 72 valence electrons. The molecule has 5 heteroatoms. The van der Waals surface area contributed by atoms with Gasteiger partial charge in [-0.25, -0.2) is 0 Å². The molecule has 1 rings (SSSR count). The largest absolute Gasteiger partial charge is 0.484 e. The Kier molecular flexibility index (Phi) is 3.34. The summed E-state index contributed by atoms with van der Waals surface area (Å²) in [6.07, 6.45) is 1.64. The van der Waals surface area contributed by atoms with E-state index in [9.17, 15) is 4.79 Å². The molecule has 0 spiro atoms. The Hall–Kier alpha value is -0.995. The second-order valence-corrected chi connectivity index (χ2v) is 3.19. The van der Waals surface area contributed by atoms with Crippen molar-refractivity contribution >= 4 is 19.6 Å². The van der Waals surface area contributed by atoms with Crippen LogP contribution in [-0.4, -0.2) is 31.8 Å². The number of carbonyl (C=O) groups is 1. The SMILES string of the molecule is BC(=N)OC(CC)[C@@H]1CCC(=O)O1. The molecular weight excluding hydrogens is 169 g/mol. The number of hydrogen-bond acceptors (Lipinski definition) is 4. The monoisotopic (exact) mass is 183 g/mol. The summed E-state index contributed by atoms with van der Waals surface area (Å²) in [4.78, 5) is 10.8. The Bertz CT molecular complexity index is 219. The highest BCUT2D eigenvalue weighted by Gasteiger charge is 2.31. The minimum atomic E-state index is -0.158. The first-order chi connectivity index (χ1) is 6.13. The number of carbonyl (C=O) groups excluding carboxylic acids is 1. The van der Waals surface area contributed by atoms with E-state index >= 15 is 0 Å². The summed E-state index contributed by atoms with van der Waals surface area (Å²) in [6, 6.07) is 0. The molecule has 1 aliphatic rings. The van der Waals surface area contributed by atoms with E-state index < -0.39 is 0 Å². The van der Waals surface area contributed by atoms with Gasteiger partial charge in [-0.2, -0.15) is 0 Å². The van der Waals surface area contributed by atoms with Crippen LogP contribution in [0.2, 0.25) is 0 Å². The highest BCUT2D eigenvalue weighted by Crippen LogP contribution is 2.20. The van der Waals surface area contributed by atoms with Gasteiger partial charge in [-0.15, -0.1) is 0 Å². The van der Waals surface area contributed by atoms with Crippen molar-refractivity contribution in [2.24, 2.45) is 0 Å². The fraction of sp³-hybridized carbons (Fsp3) is 0.750. The summed E-state index contributed by atoms with van der Waals surface area (Å²) < 4.78 is 10.3. The quantitative estimate of drug-likeness (QED) is 0.291. The molecule has 1 fully saturated rings. The van der Waals surface area contributed by atoms with Gasteiger partial charge in [0.15, 0.2) is 0 Å². The molecule has 1 unspecified atom stereocenters. The van der Waals surface area contributed by atoms with Crippen molar-refractivity contribution in [3.63, 3.8) is 0 Å². The van der Waals surface area contributed by atoms with Crippen LogP contribution in [0.1, 0.15) is 26.2 Å². The van der Waals surface area contributed by atoms with Crippen LogP contribution in [0.3, 0.4) is 0 Å². The predicted octanol–water partition coefficient (Wildman–Crippen LogP) is 0.0551. The van der Waals surface area contributed by atoms with Gasteiger partial charge in [0.05, 0.1) is 0 Å². The van der Waals surface area contributed by atoms with E-state index in [1.54, 1.807) is 7.85 Å². The molecule has 13 heavy (non-hydrogen) atoms.